The second-order valence-electron chi connectivity index (χ2n) is 7.25. The molecule has 0 saturated carbocycles. The van der Waals surface area contributed by atoms with Crippen LogP contribution in [0.2, 0.25) is 0 Å². The Kier molecular flexibility index (Phi) is 7.37. The maximum atomic E-state index is 13.3. The molecule has 0 atom stereocenters. The zero-order valence-corrected chi connectivity index (χ0v) is 18.7. The molecule has 4 aromatic rings. The SMILES string of the molecule is CCOC(=O)c1n[nH]c2ccc(F)cc12.CCOC(=O)c1nn(C(C)C)c2ccc(F)cc12. The first-order valence-electron chi connectivity index (χ1n) is 10.4. The van der Waals surface area contributed by atoms with Gasteiger partial charge in [-0.25, -0.2) is 18.4 Å². The van der Waals surface area contributed by atoms with E-state index >= 15 is 0 Å². The van der Waals surface area contributed by atoms with E-state index in [0.29, 0.717) is 16.3 Å². The molecule has 0 saturated heterocycles. The molecule has 10 heteroatoms. The number of hydrogen-bond acceptors (Lipinski definition) is 6. The predicted octanol–water partition coefficient (Wildman–Crippen LogP) is 4.81. The molecule has 0 aliphatic rings. The Morgan fingerprint density at radius 2 is 1.52 bits per heavy atom. The summed E-state index contributed by atoms with van der Waals surface area (Å²) < 4.78 is 37.7. The fourth-order valence-corrected chi connectivity index (χ4v) is 3.20. The summed E-state index contributed by atoms with van der Waals surface area (Å²) >= 11 is 0. The van der Waals surface area contributed by atoms with Crippen molar-refractivity contribution < 1.29 is 27.8 Å². The van der Waals surface area contributed by atoms with Crippen molar-refractivity contribution in [2.24, 2.45) is 0 Å². The largest absolute Gasteiger partial charge is 0.461 e. The summed E-state index contributed by atoms with van der Waals surface area (Å²) in [5.74, 6) is -1.87. The monoisotopic (exact) mass is 458 g/mol. The van der Waals surface area contributed by atoms with Gasteiger partial charge < -0.3 is 9.47 Å². The van der Waals surface area contributed by atoms with E-state index in [-0.39, 0.29) is 30.6 Å². The molecule has 0 bridgehead atoms. The van der Waals surface area contributed by atoms with Crippen LogP contribution in [0.3, 0.4) is 0 Å². The summed E-state index contributed by atoms with van der Waals surface area (Å²) in [6.07, 6.45) is 0. The van der Waals surface area contributed by atoms with Gasteiger partial charge in [-0.2, -0.15) is 10.2 Å². The summed E-state index contributed by atoms with van der Waals surface area (Å²) in [5.41, 5.74) is 1.63. The number of nitrogens with one attached hydrogen (secondary N) is 1. The number of hydrogen-bond donors (Lipinski definition) is 1. The summed E-state index contributed by atoms with van der Waals surface area (Å²) in [7, 11) is 0. The van der Waals surface area contributed by atoms with Gasteiger partial charge in [-0.15, -0.1) is 0 Å². The molecular weight excluding hydrogens is 434 g/mol. The topological polar surface area (TPSA) is 99.1 Å². The van der Waals surface area contributed by atoms with Crippen molar-refractivity contribution >= 4 is 33.7 Å². The van der Waals surface area contributed by atoms with Crippen LogP contribution in [0.1, 0.15) is 54.7 Å². The lowest BCUT2D eigenvalue weighted by Crippen LogP contribution is -2.08. The standard InChI is InChI=1S/C13H15FN2O2.C10H9FN2O2/c1-4-18-13(17)12-10-7-9(14)5-6-11(10)16(15-12)8(2)3;1-2-15-10(14)9-7-5-6(11)3-4-8(7)12-13-9/h5-8H,4H2,1-3H3;3-5H,2H2,1H3,(H,12,13). The number of rotatable bonds is 5. The lowest BCUT2D eigenvalue weighted by atomic mass is 10.2. The summed E-state index contributed by atoms with van der Waals surface area (Å²) in [6.45, 7) is 7.86. The number of esters is 2. The normalized spacial score (nSPS) is 10.9. The maximum Gasteiger partial charge on any atom is 0.359 e. The van der Waals surface area contributed by atoms with Crippen molar-refractivity contribution in [3.05, 3.63) is 59.4 Å². The van der Waals surface area contributed by atoms with E-state index in [0.717, 1.165) is 5.52 Å². The van der Waals surface area contributed by atoms with Crippen molar-refractivity contribution in [1.29, 1.82) is 0 Å². The van der Waals surface area contributed by atoms with Crippen molar-refractivity contribution in [1.82, 2.24) is 20.0 Å². The Labute approximate surface area is 188 Å². The summed E-state index contributed by atoms with van der Waals surface area (Å²) in [6, 6.07) is 8.47. The van der Waals surface area contributed by atoms with Gasteiger partial charge in [0, 0.05) is 16.8 Å². The summed E-state index contributed by atoms with van der Waals surface area (Å²) in [5, 5.41) is 11.6. The van der Waals surface area contributed by atoms with Crippen LogP contribution in [0.25, 0.3) is 21.8 Å². The quantitative estimate of drug-likeness (QED) is 0.431. The van der Waals surface area contributed by atoms with Gasteiger partial charge in [-0.3, -0.25) is 9.78 Å². The third-order valence-corrected chi connectivity index (χ3v) is 4.62. The van der Waals surface area contributed by atoms with Crippen LogP contribution >= 0.6 is 0 Å². The minimum Gasteiger partial charge on any atom is -0.461 e. The fourth-order valence-electron chi connectivity index (χ4n) is 3.20. The van der Waals surface area contributed by atoms with Gasteiger partial charge in [-0.05, 0) is 64.1 Å². The Balaban J connectivity index is 0.000000189. The average molecular weight is 458 g/mol. The minimum absolute atomic E-state index is 0.0844. The van der Waals surface area contributed by atoms with E-state index in [9.17, 15) is 18.4 Å². The highest BCUT2D eigenvalue weighted by Crippen LogP contribution is 2.23. The first-order valence-corrected chi connectivity index (χ1v) is 10.4. The molecule has 8 nitrogen and oxygen atoms in total. The number of carbonyl (C=O) groups excluding carboxylic acids is 2. The molecule has 0 unspecified atom stereocenters. The van der Waals surface area contributed by atoms with Crippen molar-refractivity contribution in [3.8, 4) is 0 Å². The Hall–Kier alpha value is -3.82. The van der Waals surface area contributed by atoms with Crippen molar-refractivity contribution in [2.45, 2.75) is 33.7 Å². The number of fused-ring (bicyclic) bond motifs is 2. The zero-order valence-electron chi connectivity index (χ0n) is 18.7. The molecule has 0 radical (unpaired) electrons. The van der Waals surface area contributed by atoms with E-state index < -0.39 is 23.6 Å². The van der Waals surface area contributed by atoms with Gasteiger partial charge in [0.25, 0.3) is 0 Å². The smallest absolute Gasteiger partial charge is 0.359 e. The average Bonchev–Trinajstić information content (AvgIpc) is 3.35. The Morgan fingerprint density at radius 1 is 0.939 bits per heavy atom. The molecule has 0 aliphatic heterocycles. The minimum atomic E-state index is -0.547. The molecular formula is C23H24F2N4O4. The first-order chi connectivity index (χ1) is 15.8. The van der Waals surface area contributed by atoms with Gasteiger partial charge in [0.15, 0.2) is 11.4 Å². The van der Waals surface area contributed by atoms with Gasteiger partial charge in [0.05, 0.1) is 24.2 Å². The van der Waals surface area contributed by atoms with Gasteiger partial charge in [0.1, 0.15) is 11.6 Å². The van der Waals surface area contributed by atoms with Crippen LogP contribution in [0.15, 0.2) is 36.4 Å². The third kappa shape index (κ3) is 5.16. The lowest BCUT2D eigenvalue weighted by molar-refractivity contribution is 0.0511. The molecule has 33 heavy (non-hydrogen) atoms. The van der Waals surface area contributed by atoms with Crippen LogP contribution < -0.4 is 0 Å². The second-order valence-corrected chi connectivity index (χ2v) is 7.25. The fraction of sp³-hybridized carbons (Fsp3) is 0.304. The third-order valence-electron chi connectivity index (χ3n) is 4.62. The molecule has 174 valence electrons. The molecule has 4 rings (SSSR count). The number of carbonyl (C=O) groups is 2. The lowest BCUT2D eigenvalue weighted by Gasteiger charge is -2.06. The van der Waals surface area contributed by atoms with E-state index in [1.165, 1.54) is 30.3 Å². The van der Waals surface area contributed by atoms with Crippen LogP contribution in [0, 0.1) is 11.6 Å². The van der Waals surface area contributed by atoms with Crippen LogP contribution in [0.4, 0.5) is 8.78 Å². The van der Waals surface area contributed by atoms with Crippen molar-refractivity contribution in [2.75, 3.05) is 13.2 Å². The predicted molar refractivity (Wildman–Crippen MR) is 118 cm³/mol. The number of aromatic amines is 1. The van der Waals surface area contributed by atoms with E-state index in [1.54, 1.807) is 24.6 Å². The molecule has 0 aliphatic carbocycles. The van der Waals surface area contributed by atoms with Gasteiger partial charge in [-0.1, -0.05) is 0 Å². The molecule has 2 heterocycles. The number of aromatic nitrogens is 4. The van der Waals surface area contributed by atoms with Gasteiger partial charge in [0.2, 0.25) is 0 Å². The van der Waals surface area contributed by atoms with E-state index in [2.05, 4.69) is 15.3 Å². The molecule has 0 fully saturated rings. The number of H-pyrrole nitrogens is 1. The van der Waals surface area contributed by atoms with Crippen LogP contribution in [-0.4, -0.2) is 45.1 Å². The van der Waals surface area contributed by atoms with Crippen LogP contribution in [0.5, 0.6) is 0 Å². The number of ether oxygens (including phenoxy) is 2. The second kappa shape index (κ2) is 10.2. The highest BCUT2D eigenvalue weighted by molar-refractivity contribution is 6.02. The Morgan fingerprint density at radius 3 is 2.12 bits per heavy atom. The highest BCUT2D eigenvalue weighted by Gasteiger charge is 2.20. The number of halogens is 2. The van der Waals surface area contributed by atoms with Crippen LogP contribution in [-0.2, 0) is 9.47 Å². The highest BCUT2D eigenvalue weighted by atomic mass is 19.1. The molecule has 0 amide bonds. The zero-order chi connectivity index (χ0) is 24.1. The first kappa shape index (κ1) is 23.8. The van der Waals surface area contributed by atoms with E-state index in [4.69, 9.17) is 9.47 Å². The van der Waals surface area contributed by atoms with Gasteiger partial charge >= 0.3 is 11.9 Å². The molecule has 2 aromatic carbocycles. The Bertz CT molecular complexity index is 1300. The van der Waals surface area contributed by atoms with E-state index in [1.807, 2.05) is 13.8 Å². The number of benzene rings is 2. The molecule has 0 spiro atoms. The summed E-state index contributed by atoms with van der Waals surface area (Å²) in [4.78, 5) is 23.2. The van der Waals surface area contributed by atoms with Crippen molar-refractivity contribution in [3.63, 3.8) is 0 Å². The maximum absolute atomic E-state index is 13.3. The molecule has 2 aromatic heterocycles. The number of nitrogens with zero attached hydrogens (tertiary/aromatic N) is 3. The molecule has 1 N–H and O–H groups in total.